The number of ether oxygens (including phenoxy) is 1. The van der Waals surface area contributed by atoms with E-state index in [1.165, 1.54) is 32.1 Å². The van der Waals surface area contributed by atoms with E-state index in [4.69, 9.17) is 15.0 Å². The van der Waals surface area contributed by atoms with Gasteiger partial charge in [-0.25, -0.2) is 5.84 Å². The fourth-order valence-electron chi connectivity index (χ4n) is 2.60. The van der Waals surface area contributed by atoms with E-state index in [-0.39, 0.29) is 5.91 Å². The Labute approximate surface area is 113 Å². The van der Waals surface area contributed by atoms with Gasteiger partial charge in [0.2, 0.25) is 0 Å². The third-order valence-corrected chi connectivity index (χ3v) is 3.67. The van der Waals surface area contributed by atoms with Crippen molar-refractivity contribution in [1.82, 2.24) is 5.43 Å². The lowest BCUT2D eigenvalue weighted by atomic mass is 9.90. The van der Waals surface area contributed by atoms with Crippen molar-refractivity contribution in [1.29, 1.82) is 0 Å². The van der Waals surface area contributed by atoms with Gasteiger partial charge in [-0.3, -0.25) is 10.2 Å². The molecule has 3 N–H and O–H groups in total. The SMILES string of the molecule is Cc1oc(COCC2CCCCC2)cc1C(=O)NN. The van der Waals surface area contributed by atoms with Gasteiger partial charge in [0.05, 0.1) is 5.56 Å². The zero-order valence-electron chi connectivity index (χ0n) is 11.4. The van der Waals surface area contributed by atoms with Gasteiger partial charge in [0.1, 0.15) is 18.1 Å². The summed E-state index contributed by atoms with van der Waals surface area (Å²) in [4.78, 5) is 11.4. The molecule has 0 bridgehead atoms. The van der Waals surface area contributed by atoms with Crippen molar-refractivity contribution in [2.75, 3.05) is 6.61 Å². The van der Waals surface area contributed by atoms with E-state index in [0.29, 0.717) is 29.6 Å². The molecule has 106 valence electrons. The molecule has 0 atom stereocenters. The summed E-state index contributed by atoms with van der Waals surface area (Å²) in [6, 6.07) is 1.69. The number of hydrogen-bond acceptors (Lipinski definition) is 4. The van der Waals surface area contributed by atoms with Crippen LogP contribution in [0.5, 0.6) is 0 Å². The van der Waals surface area contributed by atoms with Crippen LogP contribution < -0.4 is 11.3 Å². The van der Waals surface area contributed by atoms with Gasteiger partial charge in [-0.05, 0) is 31.7 Å². The minimum absolute atomic E-state index is 0.334. The molecule has 0 saturated heterocycles. The molecule has 0 unspecified atom stereocenters. The molecular weight excluding hydrogens is 244 g/mol. The van der Waals surface area contributed by atoms with Crippen LogP contribution in [0.25, 0.3) is 0 Å². The lowest BCUT2D eigenvalue weighted by molar-refractivity contribution is 0.0633. The Kier molecular flexibility index (Phi) is 4.99. The van der Waals surface area contributed by atoms with Crippen LogP contribution in [-0.4, -0.2) is 12.5 Å². The van der Waals surface area contributed by atoms with E-state index < -0.39 is 0 Å². The maximum atomic E-state index is 11.4. The maximum absolute atomic E-state index is 11.4. The number of amides is 1. The zero-order valence-corrected chi connectivity index (χ0v) is 11.4. The van der Waals surface area contributed by atoms with E-state index in [1.807, 2.05) is 0 Å². The highest BCUT2D eigenvalue weighted by atomic mass is 16.5. The summed E-state index contributed by atoms with van der Waals surface area (Å²) in [6.07, 6.45) is 6.50. The summed E-state index contributed by atoms with van der Waals surface area (Å²) in [7, 11) is 0. The van der Waals surface area contributed by atoms with E-state index in [1.54, 1.807) is 13.0 Å². The predicted molar refractivity (Wildman–Crippen MR) is 71.3 cm³/mol. The van der Waals surface area contributed by atoms with E-state index in [0.717, 1.165) is 6.61 Å². The van der Waals surface area contributed by atoms with Crippen LogP contribution in [0.2, 0.25) is 0 Å². The Morgan fingerprint density at radius 2 is 2.21 bits per heavy atom. The molecule has 0 spiro atoms. The highest BCUT2D eigenvalue weighted by Gasteiger charge is 2.16. The molecule has 5 heteroatoms. The standard InChI is InChI=1S/C14H22N2O3/c1-10-13(14(17)16-15)7-12(19-10)9-18-8-11-5-3-2-4-6-11/h7,11H,2-6,8-9,15H2,1H3,(H,16,17). The normalized spacial score (nSPS) is 16.5. The summed E-state index contributed by atoms with van der Waals surface area (Å²) in [5, 5.41) is 0. The molecule has 0 aliphatic heterocycles. The molecule has 1 aromatic heterocycles. The third kappa shape index (κ3) is 3.81. The van der Waals surface area contributed by atoms with Gasteiger partial charge in [0.15, 0.2) is 0 Å². The van der Waals surface area contributed by atoms with Crippen LogP contribution in [0.1, 0.15) is 54.0 Å². The summed E-state index contributed by atoms with van der Waals surface area (Å²) in [6.45, 7) is 2.93. The van der Waals surface area contributed by atoms with Crippen molar-refractivity contribution in [2.24, 2.45) is 11.8 Å². The molecule has 2 rings (SSSR count). The summed E-state index contributed by atoms with van der Waals surface area (Å²) in [5.41, 5.74) is 2.57. The quantitative estimate of drug-likeness (QED) is 0.487. The molecule has 1 aliphatic rings. The maximum Gasteiger partial charge on any atom is 0.268 e. The Morgan fingerprint density at radius 1 is 1.47 bits per heavy atom. The molecule has 19 heavy (non-hydrogen) atoms. The van der Waals surface area contributed by atoms with Crippen LogP contribution >= 0.6 is 0 Å². The number of hydrogen-bond donors (Lipinski definition) is 2. The molecule has 1 aromatic rings. The van der Waals surface area contributed by atoms with Crippen molar-refractivity contribution >= 4 is 5.91 Å². The van der Waals surface area contributed by atoms with Gasteiger partial charge in [0.25, 0.3) is 5.91 Å². The van der Waals surface area contributed by atoms with Gasteiger partial charge in [-0.15, -0.1) is 0 Å². The fourth-order valence-corrected chi connectivity index (χ4v) is 2.60. The van der Waals surface area contributed by atoms with Crippen LogP contribution in [0.4, 0.5) is 0 Å². The van der Waals surface area contributed by atoms with Crippen LogP contribution in [-0.2, 0) is 11.3 Å². The first-order valence-corrected chi connectivity index (χ1v) is 6.88. The second-order valence-corrected chi connectivity index (χ2v) is 5.18. The number of nitrogens with two attached hydrogens (primary N) is 1. The molecule has 1 amide bonds. The van der Waals surface area contributed by atoms with Crippen molar-refractivity contribution in [3.63, 3.8) is 0 Å². The van der Waals surface area contributed by atoms with Gasteiger partial charge in [-0.2, -0.15) is 0 Å². The first-order chi connectivity index (χ1) is 9.20. The van der Waals surface area contributed by atoms with E-state index in [9.17, 15) is 4.79 Å². The molecule has 0 aromatic carbocycles. The Bertz CT molecular complexity index is 422. The monoisotopic (exact) mass is 266 g/mol. The summed E-state index contributed by atoms with van der Waals surface area (Å²) >= 11 is 0. The Morgan fingerprint density at radius 3 is 2.89 bits per heavy atom. The Hall–Kier alpha value is -1.33. The first-order valence-electron chi connectivity index (χ1n) is 6.88. The van der Waals surface area contributed by atoms with Crippen LogP contribution in [0, 0.1) is 12.8 Å². The van der Waals surface area contributed by atoms with Crippen molar-refractivity contribution in [2.45, 2.75) is 45.6 Å². The van der Waals surface area contributed by atoms with Crippen molar-refractivity contribution in [3.8, 4) is 0 Å². The number of nitrogen functional groups attached to an aromatic ring is 1. The lowest BCUT2D eigenvalue weighted by Crippen LogP contribution is -2.30. The smallest absolute Gasteiger partial charge is 0.268 e. The minimum atomic E-state index is -0.334. The van der Waals surface area contributed by atoms with Gasteiger partial charge >= 0.3 is 0 Å². The second kappa shape index (κ2) is 6.73. The third-order valence-electron chi connectivity index (χ3n) is 3.67. The highest BCUT2D eigenvalue weighted by Crippen LogP contribution is 2.24. The predicted octanol–water partition coefficient (Wildman–Crippen LogP) is 2.29. The Balaban J connectivity index is 1.81. The fraction of sp³-hybridized carbons (Fsp3) is 0.643. The topological polar surface area (TPSA) is 77.5 Å². The lowest BCUT2D eigenvalue weighted by Gasteiger charge is -2.20. The van der Waals surface area contributed by atoms with Gasteiger partial charge in [-0.1, -0.05) is 19.3 Å². The molecule has 1 fully saturated rings. The minimum Gasteiger partial charge on any atom is -0.463 e. The highest BCUT2D eigenvalue weighted by molar-refractivity contribution is 5.94. The largest absolute Gasteiger partial charge is 0.463 e. The number of furan rings is 1. The molecule has 1 saturated carbocycles. The van der Waals surface area contributed by atoms with Crippen LogP contribution in [0.3, 0.4) is 0 Å². The zero-order chi connectivity index (χ0) is 13.7. The van der Waals surface area contributed by atoms with Crippen molar-refractivity contribution < 1.29 is 13.9 Å². The number of carbonyl (C=O) groups is 1. The summed E-state index contributed by atoms with van der Waals surface area (Å²) in [5.74, 6) is 6.69. The van der Waals surface area contributed by atoms with Gasteiger partial charge in [0, 0.05) is 6.61 Å². The molecule has 5 nitrogen and oxygen atoms in total. The number of rotatable bonds is 5. The van der Waals surface area contributed by atoms with Crippen molar-refractivity contribution in [3.05, 3.63) is 23.2 Å². The number of aryl methyl sites for hydroxylation is 1. The summed E-state index contributed by atoms with van der Waals surface area (Å²) < 4.78 is 11.2. The van der Waals surface area contributed by atoms with Crippen LogP contribution in [0.15, 0.2) is 10.5 Å². The molecule has 1 aliphatic carbocycles. The average Bonchev–Trinajstić information content (AvgIpc) is 2.80. The molecule has 0 radical (unpaired) electrons. The number of hydrazine groups is 1. The second-order valence-electron chi connectivity index (χ2n) is 5.18. The van der Waals surface area contributed by atoms with Gasteiger partial charge < -0.3 is 9.15 Å². The average molecular weight is 266 g/mol. The molecule has 1 heterocycles. The molecular formula is C14H22N2O3. The first kappa shape index (κ1) is 14.1. The number of nitrogens with one attached hydrogen (secondary N) is 1. The number of carbonyl (C=O) groups excluding carboxylic acids is 1. The van der Waals surface area contributed by atoms with E-state index in [2.05, 4.69) is 5.43 Å². The van der Waals surface area contributed by atoms with E-state index >= 15 is 0 Å².